The molecule has 0 aliphatic carbocycles. The van der Waals surface area contributed by atoms with Gasteiger partial charge in [0.2, 0.25) is 5.70 Å². The van der Waals surface area contributed by atoms with Crippen molar-refractivity contribution in [3.8, 4) is 5.75 Å². The van der Waals surface area contributed by atoms with Crippen LogP contribution in [-0.4, -0.2) is 31.6 Å². The average Bonchev–Trinajstić information content (AvgIpc) is 2.61. The van der Waals surface area contributed by atoms with Gasteiger partial charge < -0.3 is 9.15 Å². The third-order valence-electron chi connectivity index (χ3n) is 4.13. The SMILES string of the molecule is Cc1cc2ccc(OC(=O)C(=Cc3ccccc3)[N+](C)(C)C)cc2oc1=O. The highest BCUT2D eigenvalue weighted by atomic mass is 16.5. The van der Waals surface area contributed by atoms with Crippen molar-refractivity contribution in [2.45, 2.75) is 6.92 Å². The van der Waals surface area contributed by atoms with Gasteiger partial charge in [0.25, 0.3) is 0 Å². The van der Waals surface area contributed by atoms with Crippen molar-refractivity contribution >= 4 is 23.0 Å². The second kappa shape index (κ2) is 7.21. The lowest BCUT2D eigenvalue weighted by molar-refractivity contribution is -0.826. The van der Waals surface area contributed by atoms with Crippen LogP contribution in [0.5, 0.6) is 5.75 Å². The van der Waals surface area contributed by atoms with E-state index in [0.29, 0.717) is 27.1 Å². The van der Waals surface area contributed by atoms with Crippen molar-refractivity contribution in [1.82, 2.24) is 0 Å². The molecule has 0 atom stereocenters. The summed E-state index contributed by atoms with van der Waals surface area (Å²) < 4.78 is 11.1. The van der Waals surface area contributed by atoms with Crippen LogP contribution in [0.4, 0.5) is 0 Å². The molecule has 0 aliphatic heterocycles. The summed E-state index contributed by atoms with van der Waals surface area (Å²) in [7, 11) is 5.70. The molecule has 0 saturated heterocycles. The molecule has 0 radical (unpaired) electrons. The van der Waals surface area contributed by atoms with E-state index in [1.54, 1.807) is 31.2 Å². The van der Waals surface area contributed by atoms with Crippen molar-refractivity contribution in [2.75, 3.05) is 21.1 Å². The van der Waals surface area contributed by atoms with Crippen LogP contribution in [0.2, 0.25) is 0 Å². The molecule has 0 amide bonds. The van der Waals surface area contributed by atoms with Gasteiger partial charge in [-0.15, -0.1) is 0 Å². The number of ether oxygens (including phenoxy) is 1. The fourth-order valence-corrected chi connectivity index (χ4v) is 2.65. The number of hydrogen-bond acceptors (Lipinski definition) is 4. The lowest BCUT2D eigenvalue weighted by atomic mass is 10.1. The van der Waals surface area contributed by atoms with Crippen LogP contribution in [-0.2, 0) is 4.79 Å². The van der Waals surface area contributed by atoms with Crippen molar-refractivity contribution in [1.29, 1.82) is 0 Å². The summed E-state index contributed by atoms with van der Waals surface area (Å²) in [6, 6.07) is 16.4. The second-order valence-electron chi connectivity index (χ2n) is 7.26. The molecular weight excluding hydrogens is 342 g/mol. The van der Waals surface area contributed by atoms with E-state index in [1.165, 1.54) is 0 Å². The first-order chi connectivity index (χ1) is 12.7. The Balaban J connectivity index is 1.94. The van der Waals surface area contributed by atoms with Crippen molar-refractivity contribution in [3.05, 3.63) is 81.8 Å². The summed E-state index contributed by atoms with van der Waals surface area (Å²) >= 11 is 0. The molecule has 0 saturated carbocycles. The molecule has 0 bridgehead atoms. The minimum Gasteiger partial charge on any atom is -0.422 e. The Morgan fingerprint density at radius 1 is 1.04 bits per heavy atom. The Labute approximate surface area is 157 Å². The summed E-state index contributed by atoms with van der Waals surface area (Å²) in [4.78, 5) is 24.5. The van der Waals surface area contributed by atoms with E-state index in [2.05, 4.69) is 0 Å². The minimum atomic E-state index is -0.458. The van der Waals surface area contributed by atoms with Crippen LogP contribution in [0.1, 0.15) is 11.1 Å². The van der Waals surface area contributed by atoms with Gasteiger partial charge >= 0.3 is 11.6 Å². The van der Waals surface area contributed by atoms with Crippen LogP contribution in [0.3, 0.4) is 0 Å². The van der Waals surface area contributed by atoms with E-state index in [0.717, 1.165) is 10.9 Å². The number of nitrogens with zero attached hydrogens (tertiary/aromatic N) is 1. The normalized spacial score (nSPS) is 12.2. The summed E-state index contributed by atoms with van der Waals surface area (Å²) in [6.45, 7) is 1.70. The first-order valence-electron chi connectivity index (χ1n) is 8.59. The lowest BCUT2D eigenvalue weighted by Crippen LogP contribution is -2.38. The molecular formula is C22H22NO4+. The van der Waals surface area contributed by atoms with E-state index in [4.69, 9.17) is 9.15 Å². The quantitative estimate of drug-likeness (QED) is 0.233. The third-order valence-corrected chi connectivity index (χ3v) is 4.13. The smallest absolute Gasteiger partial charge is 0.398 e. The third kappa shape index (κ3) is 4.33. The number of hydrogen-bond donors (Lipinski definition) is 0. The Morgan fingerprint density at radius 2 is 1.74 bits per heavy atom. The van der Waals surface area contributed by atoms with Crippen molar-refractivity contribution < 1.29 is 18.4 Å². The van der Waals surface area contributed by atoms with Crippen LogP contribution in [0.15, 0.2) is 69.5 Å². The van der Waals surface area contributed by atoms with Gasteiger partial charge in [0.05, 0.1) is 21.1 Å². The predicted octanol–water partition coefficient (Wildman–Crippen LogP) is 3.75. The zero-order valence-electron chi connectivity index (χ0n) is 15.9. The Bertz CT molecular complexity index is 1070. The summed E-state index contributed by atoms with van der Waals surface area (Å²) in [5.41, 5.74) is 1.92. The van der Waals surface area contributed by atoms with E-state index >= 15 is 0 Å². The molecule has 2 aromatic carbocycles. The molecule has 3 rings (SSSR count). The van der Waals surface area contributed by atoms with Gasteiger partial charge in [0.1, 0.15) is 11.3 Å². The number of aryl methyl sites for hydroxylation is 1. The van der Waals surface area contributed by atoms with Crippen LogP contribution >= 0.6 is 0 Å². The standard InChI is InChI=1S/C22H22NO4/c1-15-12-17-10-11-18(14-20(17)27-21(15)24)26-22(25)19(23(2,3)4)13-16-8-6-5-7-9-16/h5-14H,1-4H3/q+1. The first-order valence-corrected chi connectivity index (χ1v) is 8.59. The number of quaternary nitrogens is 1. The molecule has 0 unspecified atom stereocenters. The monoisotopic (exact) mass is 364 g/mol. The van der Waals surface area contributed by atoms with Gasteiger partial charge in [0, 0.05) is 23.1 Å². The number of carbonyl (C=O) groups is 1. The molecule has 0 fully saturated rings. The van der Waals surface area contributed by atoms with Gasteiger partial charge in [-0.05, 0) is 30.7 Å². The molecule has 27 heavy (non-hydrogen) atoms. The molecule has 0 N–H and O–H groups in total. The molecule has 0 spiro atoms. The first kappa shape index (κ1) is 18.6. The molecule has 3 aromatic rings. The van der Waals surface area contributed by atoms with Crippen molar-refractivity contribution in [3.63, 3.8) is 0 Å². The maximum absolute atomic E-state index is 12.8. The lowest BCUT2D eigenvalue weighted by Gasteiger charge is -2.25. The molecule has 1 heterocycles. The van der Waals surface area contributed by atoms with Crippen molar-refractivity contribution in [2.24, 2.45) is 0 Å². The second-order valence-corrected chi connectivity index (χ2v) is 7.26. The molecule has 5 nitrogen and oxygen atoms in total. The molecule has 1 aromatic heterocycles. The van der Waals surface area contributed by atoms with Gasteiger partial charge in [-0.1, -0.05) is 30.3 Å². The van der Waals surface area contributed by atoms with Crippen LogP contribution in [0, 0.1) is 6.92 Å². The highest BCUT2D eigenvalue weighted by Gasteiger charge is 2.27. The fourth-order valence-electron chi connectivity index (χ4n) is 2.65. The Kier molecular flexibility index (Phi) is 4.97. The van der Waals surface area contributed by atoms with Gasteiger partial charge in [-0.25, -0.2) is 9.59 Å². The van der Waals surface area contributed by atoms with Gasteiger partial charge in [-0.2, -0.15) is 0 Å². The number of likely N-dealkylation sites (N-methyl/N-ethyl adjacent to an activating group) is 1. The maximum Gasteiger partial charge on any atom is 0.398 e. The Hall–Kier alpha value is -3.18. The zero-order chi connectivity index (χ0) is 19.6. The largest absolute Gasteiger partial charge is 0.422 e. The van der Waals surface area contributed by atoms with Crippen LogP contribution < -0.4 is 10.4 Å². The predicted molar refractivity (Wildman–Crippen MR) is 105 cm³/mol. The van der Waals surface area contributed by atoms with Crippen LogP contribution in [0.25, 0.3) is 17.0 Å². The Morgan fingerprint density at radius 3 is 2.41 bits per heavy atom. The number of benzene rings is 2. The maximum atomic E-state index is 12.8. The molecule has 5 heteroatoms. The molecule has 0 aliphatic rings. The zero-order valence-corrected chi connectivity index (χ0v) is 15.9. The summed E-state index contributed by atoms with van der Waals surface area (Å²) in [5, 5.41) is 0.776. The highest BCUT2D eigenvalue weighted by molar-refractivity contribution is 5.93. The van der Waals surface area contributed by atoms with E-state index < -0.39 is 11.6 Å². The number of esters is 1. The summed E-state index contributed by atoms with van der Waals surface area (Å²) in [6.07, 6.45) is 1.81. The van der Waals surface area contributed by atoms with Gasteiger partial charge in [-0.3, -0.25) is 4.48 Å². The van der Waals surface area contributed by atoms with Gasteiger partial charge in [0.15, 0.2) is 0 Å². The van der Waals surface area contributed by atoms with E-state index in [9.17, 15) is 9.59 Å². The fraction of sp³-hybridized carbons (Fsp3) is 0.182. The number of carbonyl (C=O) groups excluding carboxylic acids is 1. The molecule has 138 valence electrons. The number of rotatable bonds is 4. The topological polar surface area (TPSA) is 56.5 Å². The van der Waals surface area contributed by atoms with E-state index in [-0.39, 0.29) is 0 Å². The highest BCUT2D eigenvalue weighted by Crippen LogP contribution is 2.23. The average molecular weight is 364 g/mol. The number of fused-ring (bicyclic) bond motifs is 1. The minimum absolute atomic E-state index is 0.301. The summed E-state index contributed by atoms with van der Waals surface area (Å²) in [5.74, 6) is -0.132. The van der Waals surface area contributed by atoms with E-state index in [1.807, 2.05) is 57.6 Å².